The number of benzene rings is 8. The maximum Gasteiger partial charge on any atom is 0.0546 e. The van der Waals surface area contributed by atoms with Crippen LogP contribution in [0.25, 0.3) is 55.3 Å². The van der Waals surface area contributed by atoms with Gasteiger partial charge in [-0.3, -0.25) is 0 Å². The Morgan fingerprint density at radius 2 is 1.02 bits per heavy atom. The van der Waals surface area contributed by atoms with E-state index in [1.54, 1.807) is 0 Å². The van der Waals surface area contributed by atoms with E-state index in [1.165, 1.54) is 132 Å². The van der Waals surface area contributed by atoms with Crippen molar-refractivity contribution in [2.75, 3.05) is 4.90 Å². The molecule has 0 aliphatic heterocycles. The quantitative estimate of drug-likeness (QED) is 0.163. The first-order chi connectivity index (χ1) is 28.8. The third-order valence-electron chi connectivity index (χ3n) is 14.3. The highest BCUT2D eigenvalue weighted by atomic mass is 15.1. The van der Waals surface area contributed by atoms with Crippen LogP contribution in [0, 0.1) is 0 Å². The summed E-state index contributed by atoms with van der Waals surface area (Å²) in [6.07, 6.45) is 6.64. The predicted molar refractivity (Wildman–Crippen MR) is 250 cm³/mol. The second-order valence-corrected chi connectivity index (χ2v) is 18.4. The summed E-state index contributed by atoms with van der Waals surface area (Å²) in [5, 5.41) is 2.49. The lowest BCUT2D eigenvalue weighted by molar-refractivity contribution is 0.443. The molecule has 0 bridgehead atoms. The Morgan fingerprint density at radius 1 is 0.407 bits per heavy atom. The second-order valence-electron chi connectivity index (χ2n) is 18.4. The van der Waals surface area contributed by atoms with Crippen LogP contribution >= 0.6 is 0 Å². The lowest BCUT2D eigenvalue weighted by atomic mass is 9.80. The summed E-state index contributed by atoms with van der Waals surface area (Å²) in [6, 6.07) is 64.5. The minimum atomic E-state index is -0.189. The Bertz CT molecular complexity index is 2910. The van der Waals surface area contributed by atoms with Gasteiger partial charge < -0.3 is 4.90 Å². The van der Waals surface area contributed by atoms with Crippen LogP contribution in [0.3, 0.4) is 0 Å². The SMILES string of the molecule is CC1(C)c2ccccc2-c2ccc(-c3cccc4c3-c3ccc(N(c5ccc(C6CCCCC6)cc5)c5cc6ccccc6cc5-c5ccccc5)cc3C4(C)C)cc21. The van der Waals surface area contributed by atoms with Gasteiger partial charge in [0.15, 0.2) is 0 Å². The third-order valence-corrected chi connectivity index (χ3v) is 14.3. The topological polar surface area (TPSA) is 3.24 Å². The van der Waals surface area contributed by atoms with E-state index in [-0.39, 0.29) is 10.8 Å². The predicted octanol–water partition coefficient (Wildman–Crippen LogP) is 16.3. The monoisotopic (exact) mass is 761 g/mol. The van der Waals surface area contributed by atoms with E-state index >= 15 is 0 Å². The number of fused-ring (bicyclic) bond motifs is 7. The first-order valence-corrected chi connectivity index (χ1v) is 21.8. The zero-order valence-electron chi connectivity index (χ0n) is 34.7. The third kappa shape index (κ3) is 5.73. The van der Waals surface area contributed by atoms with Gasteiger partial charge in [0.1, 0.15) is 0 Å². The second kappa shape index (κ2) is 13.7. The van der Waals surface area contributed by atoms with Crippen molar-refractivity contribution in [2.24, 2.45) is 0 Å². The molecule has 0 radical (unpaired) electrons. The molecule has 0 atom stereocenters. The molecular weight excluding hydrogens is 711 g/mol. The lowest BCUT2D eigenvalue weighted by Crippen LogP contribution is -2.17. The van der Waals surface area contributed by atoms with Crippen LogP contribution in [-0.2, 0) is 10.8 Å². The van der Waals surface area contributed by atoms with Crippen LogP contribution < -0.4 is 4.90 Å². The Kier molecular flexibility index (Phi) is 8.35. The van der Waals surface area contributed by atoms with Crippen molar-refractivity contribution >= 4 is 27.8 Å². The number of rotatable bonds is 6. The summed E-state index contributed by atoms with van der Waals surface area (Å²) >= 11 is 0. The molecule has 1 heteroatoms. The van der Waals surface area contributed by atoms with Crippen LogP contribution in [0.4, 0.5) is 17.1 Å². The van der Waals surface area contributed by atoms with Gasteiger partial charge in [-0.1, -0.05) is 174 Å². The van der Waals surface area contributed by atoms with E-state index in [1.807, 2.05) is 0 Å². The van der Waals surface area contributed by atoms with E-state index < -0.39 is 0 Å². The first kappa shape index (κ1) is 35.9. The van der Waals surface area contributed by atoms with Gasteiger partial charge in [0.05, 0.1) is 5.69 Å². The summed E-state index contributed by atoms with van der Waals surface area (Å²) in [7, 11) is 0. The van der Waals surface area contributed by atoms with E-state index in [9.17, 15) is 0 Å². The smallest absolute Gasteiger partial charge is 0.0546 e. The molecule has 11 rings (SSSR count). The largest absolute Gasteiger partial charge is 0.310 e. The average molecular weight is 762 g/mol. The molecule has 3 aliphatic rings. The van der Waals surface area contributed by atoms with Crippen molar-refractivity contribution in [1.29, 1.82) is 0 Å². The molecule has 0 unspecified atom stereocenters. The Labute approximate surface area is 350 Å². The Hall–Kier alpha value is -6.18. The highest BCUT2D eigenvalue weighted by Gasteiger charge is 2.39. The highest BCUT2D eigenvalue weighted by Crippen LogP contribution is 2.56. The Balaban J connectivity index is 1.08. The summed E-state index contributed by atoms with van der Waals surface area (Å²) in [6.45, 7) is 9.60. The maximum absolute atomic E-state index is 2.53. The molecule has 0 spiro atoms. The maximum atomic E-state index is 2.53. The summed E-state index contributed by atoms with van der Waals surface area (Å²) in [5.41, 5.74) is 20.9. The van der Waals surface area contributed by atoms with Crippen molar-refractivity contribution < 1.29 is 0 Å². The van der Waals surface area contributed by atoms with Gasteiger partial charge in [0, 0.05) is 27.8 Å². The van der Waals surface area contributed by atoms with Crippen LogP contribution in [0.5, 0.6) is 0 Å². The van der Waals surface area contributed by atoms with E-state index in [0.717, 1.165) is 0 Å². The van der Waals surface area contributed by atoms with Crippen molar-refractivity contribution in [3.8, 4) is 44.5 Å². The molecule has 8 aromatic carbocycles. The van der Waals surface area contributed by atoms with Gasteiger partial charge in [-0.25, -0.2) is 0 Å². The van der Waals surface area contributed by atoms with Crippen molar-refractivity contribution in [3.05, 3.63) is 198 Å². The Morgan fingerprint density at radius 3 is 1.81 bits per heavy atom. The zero-order chi connectivity index (χ0) is 39.9. The molecule has 1 nitrogen and oxygen atoms in total. The lowest BCUT2D eigenvalue weighted by Gasteiger charge is -2.31. The molecule has 0 N–H and O–H groups in total. The highest BCUT2D eigenvalue weighted by molar-refractivity contribution is 6.00. The molecule has 8 aromatic rings. The van der Waals surface area contributed by atoms with E-state index in [4.69, 9.17) is 0 Å². The van der Waals surface area contributed by atoms with Crippen LogP contribution in [0.2, 0.25) is 0 Å². The molecular formula is C58H51N. The summed E-state index contributed by atoms with van der Waals surface area (Å²) in [4.78, 5) is 2.53. The normalized spacial score (nSPS) is 16.0. The molecule has 59 heavy (non-hydrogen) atoms. The molecule has 3 aliphatic carbocycles. The molecule has 0 aromatic heterocycles. The van der Waals surface area contributed by atoms with Crippen molar-refractivity contribution in [3.63, 3.8) is 0 Å². The fraction of sp³-hybridized carbons (Fsp3) is 0.207. The van der Waals surface area contributed by atoms with Gasteiger partial charge in [-0.05, 0) is 139 Å². The molecule has 288 valence electrons. The minimum Gasteiger partial charge on any atom is -0.310 e. The van der Waals surface area contributed by atoms with Crippen molar-refractivity contribution in [2.45, 2.75) is 76.5 Å². The number of nitrogens with zero attached hydrogens (tertiary/aromatic N) is 1. The fourth-order valence-corrected chi connectivity index (χ4v) is 11.0. The molecule has 1 saturated carbocycles. The van der Waals surface area contributed by atoms with Gasteiger partial charge in [0.25, 0.3) is 0 Å². The summed E-state index contributed by atoms with van der Waals surface area (Å²) < 4.78 is 0. The minimum absolute atomic E-state index is 0.0502. The van der Waals surface area contributed by atoms with Gasteiger partial charge in [0.2, 0.25) is 0 Å². The van der Waals surface area contributed by atoms with Crippen molar-refractivity contribution in [1.82, 2.24) is 0 Å². The van der Waals surface area contributed by atoms with Crippen LogP contribution in [-0.4, -0.2) is 0 Å². The molecule has 0 saturated heterocycles. The van der Waals surface area contributed by atoms with Crippen LogP contribution in [0.1, 0.15) is 93.5 Å². The van der Waals surface area contributed by atoms with Gasteiger partial charge in [-0.2, -0.15) is 0 Å². The first-order valence-electron chi connectivity index (χ1n) is 21.8. The van der Waals surface area contributed by atoms with E-state index in [0.29, 0.717) is 5.92 Å². The van der Waals surface area contributed by atoms with Gasteiger partial charge in [-0.15, -0.1) is 0 Å². The zero-order valence-corrected chi connectivity index (χ0v) is 34.7. The number of hydrogen-bond donors (Lipinski definition) is 0. The fourth-order valence-electron chi connectivity index (χ4n) is 11.0. The average Bonchev–Trinajstić information content (AvgIpc) is 3.66. The molecule has 1 fully saturated rings. The van der Waals surface area contributed by atoms with Gasteiger partial charge >= 0.3 is 0 Å². The molecule has 0 heterocycles. The van der Waals surface area contributed by atoms with Crippen LogP contribution in [0.15, 0.2) is 170 Å². The number of anilines is 3. The summed E-state index contributed by atoms with van der Waals surface area (Å²) in [5.74, 6) is 0.660. The standard InChI is InChI=1S/C58H51N/c1-57(2)51-24-14-13-22-47(51)48-32-28-43(35-53(48)57)46-23-15-25-52-56(46)49-33-31-45(37-54(49)58(52,3)4)59(44-29-26-39(27-30-44)38-16-7-5-8-17-38)55-36-42-21-12-11-20-41(42)34-50(55)40-18-9-6-10-19-40/h6,9-15,18-38H,5,7-8,16-17H2,1-4H3. The molecule has 0 amide bonds. The van der Waals surface area contributed by atoms with E-state index in [2.05, 4.69) is 202 Å². The number of hydrogen-bond acceptors (Lipinski definition) is 1.